The van der Waals surface area contributed by atoms with Crippen LogP contribution in [0, 0.1) is 6.92 Å². The van der Waals surface area contributed by atoms with Crippen LogP contribution in [0.5, 0.6) is 11.5 Å². The van der Waals surface area contributed by atoms with Crippen LogP contribution in [-0.4, -0.2) is 27.9 Å². The summed E-state index contributed by atoms with van der Waals surface area (Å²) in [6.45, 7) is 2.04. The molecule has 1 aromatic heterocycles. The second-order valence-electron chi connectivity index (χ2n) is 7.03. The molecule has 154 valence electrons. The van der Waals surface area contributed by atoms with Gasteiger partial charge in [-0.2, -0.15) is 5.10 Å². The van der Waals surface area contributed by atoms with Crippen molar-refractivity contribution < 1.29 is 9.84 Å². The standard InChI is InChI=1S/C25H22N4O2/c1-16-11-13-18(14-12-16)21-15-20(17-7-4-3-5-8-17)27-25(28-21)23(29-26)19-9-6-10-22(31-2)24(19)30/h3-15,30H,26H2,1-2H3/b29-23+. The lowest BCUT2D eigenvalue weighted by molar-refractivity contribution is 0.373. The molecule has 0 amide bonds. The van der Waals surface area contributed by atoms with Gasteiger partial charge in [-0.05, 0) is 25.1 Å². The molecule has 6 heteroatoms. The van der Waals surface area contributed by atoms with E-state index in [4.69, 9.17) is 20.5 Å². The molecule has 4 aromatic rings. The Morgan fingerprint density at radius 2 is 1.52 bits per heavy atom. The topological polar surface area (TPSA) is 93.6 Å². The van der Waals surface area contributed by atoms with Crippen LogP contribution >= 0.6 is 0 Å². The van der Waals surface area contributed by atoms with Crippen molar-refractivity contribution in [1.82, 2.24) is 9.97 Å². The zero-order valence-electron chi connectivity index (χ0n) is 17.3. The minimum atomic E-state index is -0.0696. The van der Waals surface area contributed by atoms with E-state index in [0.717, 1.165) is 28.1 Å². The number of nitrogens with zero attached hydrogens (tertiary/aromatic N) is 3. The Morgan fingerprint density at radius 1 is 0.871 bits per heavy atom. The van der Waals surface area contributed by atoms with Crippen molar-refractivity contribution in [2.45, 2.75) is 6.92 Å². The number of para-hydroxylation sites is 1. The number of phenols is 1. The molecular weight excluding hydrogens is 388 g/mol. The zero-order chi connectivity index (χ0) is 21.8. The second-order valence-corrected chi connectivity index (χ2v) is 7.03. The molecule has 0 saturated heterocycles. The number of aromatic nitrogens is 2. The molecular formula is C25H22N4O2. The zero-order valence-corrected chi connectivity index (χ0v) is 17.3. The van der Waals surface area contributed by atoms with E-state index < -0.39 is 0 Å². The van der Waals surface area contributed by atoms with Gasteiger partial charge in [-0.15, -0.1) is 0 Å². The number of ether oxygens (including phenoxy) is 1. The first-order valence-corrected chi connectivity index (χ1v) is 9.77. The molecule has 0 unspecified atom stereocenters. The highest BCUT2D eigenvalue weighted by Gasteiger charge is 2.19. The van der Waals surface area contributed by atoms with Crippen LogP contribution in [0.25, 0.3) is 22.5 Å². The van der Waals surface area contributed by atoms with Gasteiger partial charge in [0.1, 0.15) is 5.71 Å². The number of benzene rings is 3. The number of hydrogen-bond donors (Lipinski definition) is 2. The van der Waals surface area contributed by atoms with Crippen molar-refractivity contribution in [1.29, 1.82) is 0 Å². The first-order chi connectivity index (χ1) is 15.1. The fourth-order valence-electron chi connectivity index (χ4n) is 3.31. The highest BCUT2D eigenvalue weighted by atomic mass is 16.5. The predicted molar refractivity (Wildman–Crippen MR) is 122 cm³/mol. The van der Waals surface area contributed by atoms with Crippen LogP contribution in [0.3, 0.4) is 0 Å². The van der Waals surface area contributed by atoms with Crippen molar-refractivity contribution in [3.8, 4) is 34.0 Å². The third kappa shape index (κ3) is 4.09. The molecule has 31 heavy (non-hydrogen) atoms. The van der Waals surface area contributed by atoms with Gasteiger partial charge >= 0.3 is 0 Å². The van der Waals surface area contributed by atoms with E-state index in [-0.39, 0.29) is 11.5 Å². The lowest BCUT2D eigenvalue weighted by Crippen LogP contribution is -2.13. The van der Waals surface area contributed by atoms with Gasteiger partial charge in [-0.25, -0.2) is 9.97 Å². The van der Waals surface area contributed by atoms with Crippen LogP contribution < -0.4 is 10.6 Å². The maximum Gasteiger partial charge on any atom is 0.181 e. The molecule has 6 nitrogen and oxygen atoms in total. The second kappa shape index (κ2) is 8.67. The molecule has 4 rings (SSSR count). The summed E-state index contributed by atoms with van der Waals surface area (Å²) in [6.07, 6.45) is 0. The van der Waals surface area contributed by atoms with Gasteiger partial charge in [0.25, 0.3) is 0 Å². The Balaban J connectivity index is 1.92. The van der Waals surface area contributed by atoms with E-state index in [0.29, 0.717) is 17.1 Å². The van der Waals surface area contributed by atoms with E-state index in [9.17, 15) is 5.11 Å². The number of aryl methyl sites for hydroxylation is 1. The Morgan fingerprint density at radius 3 is 2.13 bits per heavy atom. The number of hydrogen-bond acceptors (Lipinski definition) is 6. The van der Waals surface area contributed by atoms with E-state index in [2.05, 4.69) is 5.10 Å². The molecule has 0 fully saturated rings. The summed E-state index contributed by atoms with van der Waals surface area (Å²) >= 11 is 0. The quantitative estimate of drug-likeness (QED) is 0.286. The van der Waals surface area contributed by atoms with E-state index >= 15 is 0 Å². The number of hydrazone groups is 1. The monoisotopic (exact) mass is 410 g/mol. The van der Waals surface area contributed by atoms with Gasteiger partial charge in [-0.1, -0.05) is 66.2 Å². The van der Waals surface area contributed by atoms with E-state index in [1.165, 1.54) is 7.11 Å². The lowest BCUT2D eigenvalue weighted by atomic mass is 10.0. The number of methoxy groups -OCH3 is 1. The van der Waals surface area contributed by atoms with Gasteiger partial charge in [0.2, 0.25) is 0 Å². The summed E-state index contributed by atoms with van der Waals surface area (Å²) in [5.41, 5.74) is 5.15. The predicted octanol–water partition coefficient (Wildman–Crippen LogP) is 4.54. The molecule has 0 bridgehead atoms. The maximum absolute atomic E-state index is 10.6. The fraction of sp³-hybridized carbons (Fsp3) is 0.0800. The van der Waals surface area contributed by atoms with Crippen LogP contribution in [0.1, 0.15) is 17.0 Å². The molecule has 0 aliphatic heterocycles. The number of rotatable bonds is 5. The molecule has 0 atom stereocenters. The normalized spacial score (nSPS) is 11.4. The van der Waals surface area contributed by atoms with Crippen LogP contribution in [0.2, 0.25) is 0 Å². The summed E-state index contributed by atoms with van der Waals surface area (Å²) in [5, 5.41) is 14.6. The molecule has 0 aliphatic carbocycles. The number of aromatic hydroxyl groups is 1. The van der Waals surface area contributed by atoms with Crippen molar-refractivity contribution in [3.63, 3.8) is 0 Å². The SMILES string of the molecule is COc1cccc(/C(=N\N)c2nc(-c3ccccc3)cc(-c3ccc(C)cc3)n2)c1O. The average molecular weight is 410 g/mol. The Labute approximate surface area is 180 Å². The Bertz CT molecular complexity index is 1240. The smallest absolute Gasteiger partial charge is 0.181 e. The minimum Gasteiger partial charge on any atom is -0.504 e. The maximum atomic E-state index is 10.6. The summed E-state index contributed by atoms with van der Waals surface area (Å²) in [5.74, 6) is 6.31. The van der Waals surface area contributed by atoms with Crippen LogP contribution in [-0.2, 0) is 0 Å². The van der Waals surface area contributed by atoms with E-state index in [1.54, 1.807) is 18.2 Å². The number of phenolic OH excluding ortho intramolecular Hbond substituents is 1. The third-order valence-corrected chi connectivity index (χ3v) is 4.96. The van der Waals surface area contributed by atoms with Gasteiger partial charge in [-0.3, -0.25) is 0 Å². The van der Waals surface area contributed by atoms with Crippen molar-refractivity contribution in [3.05, 3.63) is 95.8 Å². The average Bonchev–Trinajstić information content (AvgIpc) is 2.81. The summed E-state index contributed by atoms with van der Waals surface area (Å²) in [4.78, 5) is 9.45. The van der Waals surface area contributed by atoms with Crippen molar-refractivity contribution >= 4 is 5.71 Å². The van der Waals surface area contributed by atoms with Gasteiger partial charge < -0.3 is 15.7 Å². The van der Waals surface area contributed by atoms with Crippen molar-refractivity contribution in [2.75, 3.05) is 7.11 Å². The highest BCUT2D eigenvalue weighted by Crippen LogP contribution is 2.32. The van der Waals surface area contributed by atoms with Gasteiger partial charge in [0.05, 0.1) is 24.1 Å². The van der Waals surface area contributed by atoms with E-state index in [1.807, 2.05) is 67.6 Å². The number of nitrogens with two attached hydrogens (primary N) is 1. The van der Waals surface area contributed by atoms with Crippen LogP contribution in [0.4, 0.5) is 0 Å². The Hall–Kier alpha value is -4.19. The fourth-order valence-corrected chi connectivity index (χ4v) is 3.31. The minimum absolute atomic E-state index is 0.0696. The summed E-state index contributed by atoms with van der Waals surface area (Å²) in [7, 11) is 1.49. The summed E-state index contributed by atoms with van der Waals surface area (Å²) in [6, 6.07) is 25.0. The van der Waals surface area contributed by atoms with Crippen LogP contribution in [0.15, 0.2) is 84.0 Å². The largest absolute Gasteiger partial charge is 0.504 e. The summed E-state index contributed by atoms with van der Waals surface area (Å²) < 4.78 is 5.23. The molecule has 0 saturated carbocycles. The van der Waals surface area contributed by atoms with Gasteiger partial charge in [0.15, 0.2) is 17.3 Å². The van der Waals surface area contributed by atoms with Crippen molar-refractivity contribution in [2.24, 2.45) is 10.9 Å². The molecule has 3 aromatic carbocycles. The van der Waals surface area contributed by atoms with Gasteiger partial charge in [0, 0.05) is 11.1 Å². The first-order valence-electron chi connectivity index (χ1n) is 9.77. The molecule has 0 aliphatic rings. The molecule has 0 radical (unpaired) electrons. The highest BCUT2D eigenvalue weighted by molar-refractivity contribution is 6.12. The molecule has 1 heterocycles. The lowest BCUT2D eigenvalue weighted by Gasteiger charge is -2.13. The molecule has 0 spiro atoms. The molecule has 3 N–H and O–H groups in total. The third-order valence-electron chi connectivity index (χ3n) is 4.96. The first kappa shape index (κ1) is 20.1. The Kier molecular flexibility index (Phi) is 5.62.